The Morgan fingerprint density at radius 2 is 1.87 bits per heavy atom. The maximum Gasteiger partial charge on any atom is 0.227 e. The molecule has 1 unspecified atom stereocenters. The molecule has 0 aliphatic carbocycles. The molecule has 6 heteroatoms. The molecule has 23 heavy (non-hydrogen) atoms. The van der Waals surface area contributed by atoms with E-state index in [1.54, 1.807) is 0 Å². The largest absolute Gasteiger partial charge is 0.340 e. The summed E-state index contributed by atoms with van der Waals surface area (Å²) in [5.41, 5.74) is 2.75. The molecule has 3 rings (SSSR count). The summed E-state index contributed by atoms with van der Waals surface area (Å²) in [6, 6.07) is 8.57. The number of carbonyl (C=O) groups is 1. The Kier molecular flexibility index (Phi) is 8.34. The van der Waals surface area contributed by atoms with Crippen molar-refractivity contribution in [3.8, 4) is 0 Å². The van der Waals surface area contributed by atoms with Crippen molar-refractivity contribution in [1.29, 1.82) is 0 Å². The van der Waals surface area contributed by atoms with Gasteiger partial charge in [0.1, 0.15) is 0 Å². The van der Waals surface area contributed by atoms with E-state index in [4.69, 9.17) is 0 Å². The molecular weight excluding hydrogens is 333 g/mol. The molecule has 1 N–H and O–H groups in total. The minimum Gasteiger partial charge on any atom is -0.340 e. The van der Waals surface area contributed by atoms with E-state index in [0.717, 1.165) is 52.2 Å². The van der Waals surface area contributed by atoms with Crippen molar-refractivity contribution in [1.82, 2.24) is 15.1 Å². The number of benzene rings is 1. The predicted octanol–water partition coefficient (Wildman–Crippen LogP) is 2.09. The number of hydrogen-bond donors (Lipinski definition) is 1. The van der Waals surface area contributed by atoms with Crippen molar-refractivity contribution in [3.05, 3.63) is 35.4 Å². The van der Waals surface area contributed by atoms with Gasteiger partial charge in [-0.2, -0.15) is 0 Å². The summed E-state index contributed by atoms with van der Waals surface area (Å²) in [4.78, 5) is 16.9. The number of piperazine rings is 1. The molecule has 0 spiro atoms. The number of amides is 1. The molecule has 1 aromatic carbocycles. The van der Waals surface area contributed by atoms with E-state index < -0.39 is 0 Å². The fourth-order valence-corrected chi connectivity index (χ4v) is 3.28. The summed E-state index contributed by atoms with van der Waals surface area (Å²) in [5.74, 6) is 0.573. The minimum atomic E-state index is 0. The first-order chi connectivity index (χ1) is 10.2. The summed E-state index contributed by atoms with van der Waals surface area (Å²) in [7, 11) is 0. The molecule has 1 amide bonds. The highest BCUT2D eigenvalue weighted by Gasteiger charge is 2.29. The first-order valence-corrected chi connectivity index (χ1v) is 8.00. The van der Waals surface area contributed by atoms with Crippen LogP contribution in [0.25, 0.3) is 0 Å². The van der Waals surface area contributed by atoms with Gasteiger partial charge in [0.05, 0.1) is 5.92 Å². The van der Waals surface area contributed by atoms with Gasteiger partial charge in [-0.1, -0.05) is 24.3 Å². The van der Waals surface area contributed by atoms with Gasteiger partial charge in [0, 0.05) is 39.3 Å². The van der Waals surface area contributed by atoms with Crippen LogP contribution >= 0.6 is 24.8 Å². The predicted molar refractivity (Wildman–Crippen MR) is 98.5 cm³/mol. The van der Waals surface area contributed by atoms with E-state index in [1.165, 1.54) is 11.1 Å². The molecular formula is C17H27Cl2N3O. The van der Waals surface area contributed by atoms with E-state index in [-0.39, 0.29) is 30.7 Å². The Balaban J connectivity index is 0.00000132. The molecule has 0 saturated carbocycles. The molecule has 1 aromatic rings. The zero-order chi connectivity index (χ0) is 14.7. The molecule has 0 radical (unpaired) electrons. The molecule has 2 heterocycles. The molecule has 0 aromatic heterocycles. The SMILES string of the molecule is Cc1ccccc1CN1CCN(C(=O)C2CCNC2)CC1.Cl.Cl. The third-order valence-corrected chi connectivity index (χ3v) is 4.75. The van der Waals surface area contributed by atoms with Crippen LogP contribution in [0, 0.1) is 12.8 Å². The van der Waals surface area contributed by atoms with Gasteiger partial charge in [0.15, 0.2) is 0 Å². The standard InChI is InChI=1S/C17H25N3O.2ClH/c1-14-4-2-3-5-16(14)13-19-8-10-20(11-9-19)17(21)15-6-7-18-12-15;;/h2-5,15,18H,6-13H2,1H3;2*1H. The highest BCUT2D eigenvalue weighted by molar-refractivity contribution is 5.85. The lowest BCUT2D eigenvalue weighted by molar-refractivity contribution is -0.136. The molecule has 130 valence electrons. The van der Waals surface area contributed by atoms with Gasteiger partial charge < -0.3 is 10.2 Å². The quantitative estimate of drug-likeness (QED) is 0.897. The summed E-state index contributed by atoms with van der Waals surface area (Å²) >= 11 is 0. The van der Waals surface area contributed by atoms with Crippen LogP contribution in [-0.4, -0.2) is 55.0 Å². The van der Waals surface area contributed by atoms with E-state index in [9.17, 15) is 4.79 Å². The molecule has 2 aliphatic heterocycles. The number of nitrogens with zero attached hydrogens (tertiary/aromatic N) is 2. The van der Waals surface area contributed by atoms with Gasteiger partial charge >= 0.3 is 0 Å². The van der Waals surface area contributed by atoms with E-state index >= 15 is 0 Å². The van der Waals surface area contributed by atoms with Gasteiger partial charge in [-0.05, 0) is 31.0 Å². The second kappa shape index (κ2) is 9.48. The van der Waals surface area contributed by atoms with Crippen LogP contribution < -0.4 is 5.32 Å². The van der Waals surface area contributed by atoms with Gasteiger partial charge in [0.2, 0.25) is 5.91 Å². The van der Waals surface area contributed by atoms with Gasteiger partial charge in [-0.15, -0.1) is 24.8 Å². The number of rotatable bonds is 3. The number of carbonyl (C=O) groups excluding carboxylic acids is 1. The lowest BCUT2D eigenvalue weighted by Gasteiger charge is -2.36. The van der Waals surface area contributed by atoms with Crippen LogP contribution in [-0.2, 0) is 11.3 Å². The van der Waals surface area contributed by atoms with Crippen LogP contribution in [0.5, 0.6) is 0 Å². The number of hydrogen-bond acceptors (Lipinski definition) is 3. The Morgan fingerprint density at radius 3 is 2.48 bits per heavy atom. The Hall–Kier alpha value is -0.810. The van der Waals surface area contributed by atoms with Crippen LogP contribution in [0.15, 0.2) is 24.3 Å². The van der Waals surface area contributed by atoms with Gasteiger partial charge in [0.25, 0.3) is 0 Å². The van der Waals surface area contributed by atoms with Gasteiger partial charge in [-0.25, -0.2) is 0 Å². The van der Waals surface area contributed by atoms with E-state index in [1.807, 2.05) is 0 Å². The summed E-state index contributed by atoms with van der Waals surface area (Å²) in [6.07, 6.45) is 1.00. The van der Waals surface area contributed by atoms with Crippen molar-refractivity contribution in [2.45, 2.75) is 19.9 Å². The summed E-state index contributed by atoms with van der Waals surface area (Å²) in [6.45, 7) is 8.75. The smallest absolute Gasteiger partial charge is 0.227 e. The van der Waals surface area contributed by atoms with Crippen molar-refractivity contribution < 1.29 is 4.79 Å². The molecule has 4 nitrogen and oxygen atoms in total. The first-order valence-electron chi connectivity index (χ1n) is 8.00. The normalized spacial score (nSPS) is 21.4. The fraction of sp³-hybridized carbons (Fsp3) is 0.588. The molecule has 2 aliphatic rings. The lowest BCUT2D eigenvalue weighted by Crippen LogP contribution is -2.50. The zero-order valence-corrected chi connectivity index (χ0v) is 15.3. The number of nitrogens with one attached hydrogen (secondary N) is 1. The third kappa shape index (κ3) is 5.08. The van der Waals surface area contributed by atoms with Crippen molar-refractivity contribution in [2.75, 3.05) is 39.3 Å². The van der Waals surface area contributed by atoms with Crippen molar-refractivity contribution in [2.24, 2.45) is 5.92 Å². The fourth-order valence-electron chi connectivity index (χ4n) is 3.28. The van der Waals surface area contributed by atoms with Crippen molar-refractivity contribution in [3.63, 3.8) is 0 Å². The zero-order valence-electron chi connectivity index (χ0n) is 13.7. The molecule has 2 saturated heterocycles. The highest BCUT2D eigenvalue weighted by Crippen LogP contribution is 2.16. The first kappa shape index (κ1) is 20.2. The Morgan fingerprint density at radius 1 is 1.17 bits per heavy atom. The molecule has 1 atom stereocenters. The van der Waals surface area contributed by atoms with E-state index in [0.29, 0.717) is 5.91 Å². The number of aryl methyl sites for hydroxylation is 1. The topological polar surface area (TPSA) is 35.6 Å². The third-order valence-electron chi connectivity index (χ3n) is 4.75. The molecule has 2 fully saturated rings. The lowest BCUT2D eigenvalue weighted by atomic mass is 10.1. The van der Waals surface area contributed by atoms with Crippen LogP contribution in [0.4, 0.5) is 0 Å². The van der Waals surface area contributed by atoms with Crippen LogP contribution in [0.1, 0.15) is 17.5 Å². The van der Waals surface area contributed by atoms with Crippen LogP contribution in [0.3, 0.4) is 0 Å². The monoisotopic (exact) mass is 359 g/mol. The van der Waals surface area contributed by atoms with Gasteiger partial charge in [-0.3, -0.25) is 9.69 Å². The Bertz CT molecular complexity index is 498. The second-order valence-corrected chi connectivity index (χ2v) is 6.22. The average Bonchev–Trinajstić information content (AvgIpc) is 3.04. The maximum atomic E-state index is 12.4. The van der Waals surface area contributed by atoms with Crippen LogP contribution in [0.2, 0.25) is 0 Å². The second-order valence-electron chi connectivity index (χ2n) is 6.22. The maximum absolute atomic E-state index is 12.4. The number of halogens is 2. The Labute approximate surface area is 151 Å². The summed E-state index contributed by atoms with van der Waals surface area (Å²) < 4.78 is 0. The van der Waals surface area contributed by atoms with E-state index in [2.05, 4.69) is 46.3 Å². The molecule has 0 bridgehead atoms. The minimum absolute atomic E-state index is 0. The summed E-state index contributed by atoms with van der Waals surface area (Å²) in [5, 5.41) is 3.28. The van der Waals surface area contributed by atoms with Crippen molar-refractivity contribution >= 4 is 30.7 Å². The average molecular weight is 360 g/mol. The highest BCUT2D eigenvalue weighted by atomic mass is 35.5.